The Hall–Kier alpha value is -1.72. The Morgan fingerprint density at radius 1 is 1.19 bits per heavy atom. The standard InChI is InChI=1S/C15H8BrClFNO2/c16-10-6-8(4-5-12(10)18)7-19-13-9(14(20)15(19)21)2-1-3-11(13)17/h1-6H,7H2. The molecule has 106 valence electrons. The molecule has 0 saturated carbocycles. The average molecular weight is 369 g/mol. The number of hydrogen-bond donors (Lipinski definition) is 0. The number of carbonyl (C=O) groups is 2. The zero-order valence-electron chi connectivity index (χ0n) is 10.6. The minimum atomic E-state index is -0.626. The van der Waals surface area contributed by atoms with Crippen LogP contribution in [-0.2, 0) is 11.3 Å². The minimum Gasteiger partial charge on any atom is -0.299 e. The lowest BCUT2D eigenvalue weighted by Crippen LogP contribution is -2.29. The molecule has 0 aromatic heterocycles. The number of carbonyl (C=O) groups excluding carboxylic acids is 2. The van der Waals surface area contributed by atoms with Crippen molar-refractivity contribution in [3.8, 4) is 0 Å². The first-order valence-corrected chi connectivity index (χ1v) is 7.25. The van der Waals surface area contributed by atoms with Crippen LogP contribution < -0.4 is 4.90 Å². The smallest absolute Gasteiger partial charge is 0.299 e. The first-order valence-electron chi connectivity index (χ1n) is 6.07. The van der Waals surface area contributed by atoms with Gasteiger partial charge in [-0.2, -0.15) is 0 Å². The van der Waals surface area contributed by atoms with Crippen LogP contribution in [0.3, 0.4) is 0 Å². The van der Waals surface area contributed by atoms with Crippen molar-refractivity contribution in [1.82, 2.24) is 0 Å². The highest BCUT2D eigenvalue weighted by Gasteiger charge is 2.37. The number of fused-ring (bicyclic) bond motifs is 1. The van der Waals surface area contributed by atoms with Gasteiger partial charge in [-0.1, -0.05) is 23.7 Å². The third-order valence-electron chi connectivity index (χ3n) is 3.27. The van der Waals surface area contributed by atoms with E-state index in [1.807, 2.05) is 0 Å². The number of Topliss-reactive ketones (excluding diaryl/α,β-unsaturated/α-hetero) is 1. The Kier molecular flexibility index (Phi) is 3.55. The van der Waals surface area contributed by atoms with Crippen molar-refractivity contribution >= 4 is 44.9 Å². The van der Waals surface area contributed by atoms with Gasteiger partial charge in [-0.3, -0.25) is 14.5 Å². The Morgan fingerprint density at radius 3 is 2.67 bits per heavy atom. The molecule has 0 unspecified atom stereocenters. The molecule has 1 amide bonds. The zero-order chi connectivity index (χ0) is 15.1. The van der Waals surface area contributed by atoms with Crippen LogP contribution in [0.4, 0.5) is 10.1 Å². The molecule has 0 spiro atoms. The summed E-state index contributed by atoms with van der Waals surface area (Å²) in [6.07, 6.45) is 0. The molecule has 2 aromatic rings. The molecule has 0 N–H and O–H groups in total. The van der Waals surface area contributed by atoms with Gasteiger partial charge in [-0.25, -0.2) is 4.39 Å². The number of para-hydroxylation sites is 1. The highest BCUT2D eigenvalue weighted by Crippen LogP contribution is 2.36. The number of benzene rings is 2. The van der Waals surface area contributed by atoms with E-state index >= 15 is 0 Å². The molecule has 1 aliphatic rings. The zero-order valence-corrected chi connectivity index (χ0v) is 12.9. The molecule has 3 nitrogen and oxygen atoms in total. The molecule has 0 aliphatic carbocycles. The highest BCUT2D eigenvalue weighted by atomic mass is 79.9. The van der Waals surface area contributed by atoms with Crippen LogP contribution in [0.1, 0.15) is 15.9 Å². The Bertz CT molecular complexity index is 778. The number of hydrogen-bond acceptors (Lipinski definition) is 2. The van der Waals surface area contributed by atoms with E-state index in [4.69, 9.17) is 11.6 Å². The second kappa shape index (κ2) is 5.24. The predicted molar refractivity (Wildman–Crippen MR) is 81.1 cm³/mol. The minimum absolute atomic E-state index is 0.153. The second-order valence-electron chi connectivity index (χ2n) is 4.60. The molecular formula is C15H8BrClFNO2. The fourth-order valence-electron chi connectivity index (χ4n) is 2.28. The van der Waals surface area contributed by atoms with Crippen LogP contribution in [-0.4, -0.2) is 11.7 Å². The first-order chi connectivity index (χ1) is 9.99. The van der Waals surface area contributed by atoms with Crippen molar-refractivity contribution in [3.63, 3.8) is 0 Å². The van der Waals surface area contributed by atoms with E-state index in [0.717, 1.165) is 0 Å². The van der Waals surface area contributed by atoms with Crippen LogP contribution in [0, 0.1) is 5.82 Å². The maximum absolute atomic E-state index is 13.3. The summed E-state index contributed by atoms with van der Waals surface area (Å²) in [6.45, 7) is 0.153. The van der Waals surface area contributed by atoms with E-state index in [1.54, 1.807) is 30.3 Å². The van der Waals surface area contributed by atoms with Gasteiger partial charge in [0.25, 0.3) is 11.7 Å². The van der Waals surface area contributed by atoms with Crippen molar-refractivity contribution in [3.05, 3.63) is 62.8 Å². The van der Waals surface area contributed by atoms with Crippen molar-refractivity contribution < 1.29 is 14.0 Å². The van der Waals surface area contributed by atoms with E-state index in [-0.39, 0.29) is 12.4 Å². The lowest BCUT2D eigenvalue weighted by Gasteiger charge is -2.18. The van der Waals surface area contributed by atoms with E-state index < -0.39 is 11.7 Å². The molecule has 0 bridgehead atoms. The predicted octanol–water partition coefficient (Wildman–Crippen LogP) is 3.97. The third-order valence-corrected chi connectivity index (χ3v) is 4.18. The second-order valence-corrected chi connectivity index (χ2v) is 5.87. The molecule has 0 radical (unpaired) electrons. The Labute approximate surface area is 133 Å². The average Bonchev–Trinajstić information content (AvgIpc) is 2.69. The van der Waals surface area contributed by atoms with Gasteiger partial charge < -0.3 is 0 Å². The monoisotopic (exact) mass is 367 g/mol. The van der Waals surface area contributed by atoms with Crippen molar-refractivity contribution in [2.45, 2.75) is 6.54 Å². The summed E-state index contributed by atoms with van der Waals surface area (Å²) < 4.78 is 13.6. The maximum atomic E-state index is 13.3. The summed E-state index contributed by atoms with van der Waals surface area (Å²) >= 11 is 9.20. The van der Waals surface area contributed by atoms with Crippen LogP contribution in [0.5, 0.6) is 0 Å². The summed E-state index contributed by atoms with van der Waals surface area (Å²) in [5.74, 6) is -1.59. The molecule has 2 aromatic carbocycles. The van der Waals surface area contributed by atoms with Gasteiger partial charge in [-0.05, 0) is 45.8 Å². The van der Waals surface area contributed by atoms with Crippen LogP contribution >= 0.6 is 27.5 Å². The molecule has 3 rings (SSSR count). The molecule has 0 saturated heterocycles. The number of rotatable bonds is 2. The van der Waals surface area contributed by atoms with E-state index in [1.165, 1.54) is 11.0 Å². The topological polar surface area (TPSA) is 37.4 Å². The maximum Gasteiger partial charge on any atom is 0.299 e. The normalized spacial score (nSPS) is 13.8. The lowest BCUT2D eigenvalue weighted by molar-refractivity contribution is -0.114. The van der Waals surface area contributed by atoms with Gasteiger partial charge in [-0.15, -0.1) is 0 Å². The Balaban J connectivity index is 2.02. The molecule has 1 heterocycles. The fraction of sp³-hybridized carbons (Fsp3) is 0.0667. The van der Waals surface area contributed by atoms with Gasteiger partial charge in [0.15, 0.2) is 0 Å². The number of anilines is 1. The quantitative estimate of drug-likeness (QED) is 0.752. The van der Waals surface area contributed by atoms with Crippen LogP contribution in [0.2, 0.25) is 5.02 Å². The van der Waals surface area contributed by atoms with E-state index in [9.17, 15) is 14.0 Å². The highest BCUT2D eigenvalue weighted by molar-refractivity contribution is 9.10. The van der Waals surface area contributed by atoms with E-state index in [2.05, 4.69) is 15.9 Å². The Morgan fingerprint density at radius 2 is 1.95 bits per heavy atom. The number of halogens is 3. The van der Waals surface area contributed by atoms with Gasteiger partial charge in [0.1, 0.15) is 5.82 Å². The largest absolute Gasteiger partial charge is 0.299 e. The van der Waals surface area contributed by atoms with Gasteiger partial charge in [0, 0.05) is 0 Å². The molecule has 0 fully saturated rings. The fourth-order valence-corrected chi connectivity index (χ4v) is 2.99. The van der Waals surface area contributed by atoms with Gasteiger partial charge in [0.05, 0.1) is 27.3 Å². The van der Waals surface area contributed by atoms with Crippen molar-refractivity contribution in [1.29, 1.82) is 0 Å². The number of ketones is 1. The van der Waals surface area contributed by atoms with Crippen molar-refractivity contribution in [2.24, 2.45) is 0 Å². The molecule has 1 aliphatic heterocycles. The van der Waals surface area contributed by atoms with Gasteiger partial charge >= 0.3 is 0 Å². The molecular weight excluding hydrogens is 361 g/mol. The van der Waals surface area contributed by atoms with Crippen LogP contribution in [0.25, 0.3) is 0 Å². The lowest BCUT2D eigenvalue weighted by atomic mass is 10.1. The molecule has 21 heavy (non-hydrogen) atoms. The summed E-state index contributed by atoms with van der Waals surface area (Å²) in [4.78, 5) is 25.4. The van der Waals surface area contributed by atoms with Gasteiger partial charge in [0.2, 0.25) is 0 Å². The summed E-state index contributed by atoms with van der Waals surface area (Å²) in [5.41, 5.74) is 1.40. The molecule has 0 atom stereocenters. The third kappa shape index (κ3) is 2.36. The van der Waals surface area contributed by atoms with E-state index in [0.29, 0.717) is 26.3 Å². The SMILES string of the molecule is O=C1C(=O)N(Cc2ccc(F)c(Br)c2)c2c(Cl)cccc21. The van der Waals surface area contributed by atoms with Crippen molar-refractivity contribution in [2.75, 3.05) is 4.90 Å². The summed E-state index contributed by atoms with van der Waals surface area (Å²) in [6, 6.07) is 9.26. The molecule has 6 heteroatoms. The summed E-state index contributed by atoms with van der Waals surface area (Å²) in [5, 5.41) is 0.341. The first kappa shape index (κ1) is 14.2. The number of amides is 1. The summed E-state index contributed by atoms with van der Waals surface area (Å²) in [7, 11) is 0. The van der Waals surface area contributed by atoms with Crippen LogP contribution in [0.15, 0.2) is 40.9 Å². The number of nitrogens with zero attached hydrogens (tertiary/aromatic N) is 1.